The van der Waals surface area contributed by atoms with E-state index in [-0.39, 0.29) is 48.3 Å². The standard InChI is InChI=1S/C26H24N2O5/c1-16-9-11-18(12-10-16)27-15-17(13-23(27)29)26(32)33-20-6-4-5-19(14-20)28-24(30)21-7-2-3-8-22(21)25(28)31/h2-6,9-12,14,17,21-22H,7-8,13,15H2,1H3/t17-,21-,22+/m1/s1. The highest BCUT2D eigenvalue weighted by molar-refractivity contribution is 6.22. The molecule has 2 aliphatic heterocycles. The molecule has 0 aromatic heterocycles. The molecule has 2 saturated heterocycles. The van der Waals surface area contributed by atoms with Crippen molar-refractivity contribution in [3.05, 3.63) is 66.2 Å². The molecule has 7 heteroatoms. The first-order valence-corrected chi connectivity index (χ1v) is 11.1. The van der Waals surface area contributed by atoms with Crippen molar-refractivity contribution in [2.75, 3.05) is 16.3 Å². The minimum Gasteiger partial charge on any atom is -0.426 e. The number of allylic oxidation sites excluding steroid dienone is 2. The van der Waals surface area contributed by atoms with Crippen molar-refractivity contribution in [1.29, 1.82) is 0 Å². The molecule has 5 rings (SSSR count). The lowest BCUT2D eigenvalue weighted by Crippen LogP contribution is -2.31. The molecule has 2 heterocycles. The van der Waals surface area contributed by atoms with Crippen LogP contribution in [0.2, 0.25) is 0 Å². The predicted molar refractivity (Wildman–Crippen MR) is 122 cm³/mol. The van der Waals surface area contributed by atoms with Crippen LogP contribution in [0.1, 0.15) is 24.8 Å². The molecular weight excluding hydrogens is 420 g/mol. The molecule has 3 atom stereocenters. The third-order valence-corrected chi connectivity index (χ3v) is 6.61. The van der Waals surface area contributed by atoms with Crippen LogP contribution in [0.25, 0.3) is 0 Å². The molecule has 0 spiro atoms. The number of rotatable bonds is 4. The zero-order chi connectivity index (χ0) is 23.1. The van der Waals surface area contributed by atoms with Gasteiger partial charge >= 0.3 is 5.97 Å². The van der Waals surface area contributed by atoms with E-state index in [1.807, 2.05) is 43.3 Å². The Balaban J connectivity index is 1.29. The van der Waals surface area contributed by atoms with Gasteiger partial charge in [0.15, 0.2) is 0 Å². The number of carbonyl (C=O) groups is 4. The number of nitrogens with zero attached hydrogens (tertiary/aromatic N) is 2. The second kappa shape index (κ2) is 8.31. The summed E-state index contributed by atoms with van der Waals surface area (Å²) in [7, 11) is 0. The van der Waals surface area contributed by atoms with Gasteiger partial charge in [-0.15, -0.1) is 0 Å². The van der Waals surface area contributed by atoms with Crippen LogP contribution in [-0.2, 0) is 19.2 Å². The van der Waals surface area contributed by atoms with Crippen LogP contribution >= 0.6 is 0 Å². The minimum absolute atomic E-state index is 0.0753. The second-order valence-electron chi connectivity index (χ2n) is 8.83. The van der Waals surface area contributed by atoms with Gasteiger partial charge < -0.3 is 9.64 Å². The van der Waals surface area contributed by atoms with Gasteiger partial charge in [-0.3, -0.25) is 19.2 Å². The molecule has 2 aromatic rings. The topological polar surface area (TPSA) is 84.0 Å². The van der Waals surface area contributed by atoms with Crippen molar-refractivity contribution in [3.63, 3.8) is 0 Å². The van der Waals surface area contributed by atoms with Crippen molar-refractivity contribution < 1.29 is 23.9 Å². The molecule has 0 N–H and O–H groups in total. The van der Waals surface area contributed by atoms with E-state index in [0.29, 0.717) is 18.5 Å². The summed E-state index contributed by atoms with van der Waals surface area (Å²) in [6.07, 6.45) is 5.08. The molecular formula is C26H24N2O5. The summed E-state index contributed by atoms with van der Waals surface area (Å²) in [6.45, 7) is 2.22. The number of carbonyl (C=O) groups excluding carboxylic acids is 4. The Morgan fingerprint density at radius 3 is 2.24 bits per heavy atom. The number of hydrogen-bond acceptors (Lipinski definition) is 5. The van der Waals surface area contributed by atoms with Crippen LogP contribution in [0.3, 0.4) is 0 Å². The number of imide groups is 1. The fourth-order valence-corrected chi connectivity index (χ4v) is 4.78. The summed E-state index contributed by atoms with van der Waals surface area (Å²) in [4.78, 5) is 53.8. The molecule has 0 unspecified atom stereocenters. The molecule has 2 aromatic carbocycles. The number of amides is 3. The van der Waals surface area contributed by atoms with Crippen LogP contribution in [0.15, 0.2) is 60.7 Å². The Kier molecular flexibility index (Phi) is 5.32. The number of anilines is 2. The smallest absolute Gasteiger partial charge is 0.316 e. The average molecular weight is 444 g/mol. The molecule has 3 aliphatic rings. The molecule has 33 heavy (non-hydrogen) atoms. The maximum Gasteiger partial charge on any atom is 0.316 e. The summed E-state index contributed by atoms with van der Waals surface area (Å²) >= 11 is 0. The predicted octanol–water partition coefficient (Wildman–Crippen LogP) is 3.41. The molecule has 7 nitrogen and oxygen atoms in total. The quantitative estimate of drug-likeness (QED) is 0.312. The highest BCUT2D eigenvalue weighted by Gasteiger charge is 2.48. The van der Waals surface area contributed by atoms with E-state index in [1.54, 1.807) is 23.1 Å². The summed E-state index contributed by atoms with van der Waals surface area (Å²) in [5, 5.41) is 0. The number of fused-ring (bicyclic) bond motifs is 1. The molecule has 168 valence electrons. The van der Waals surface area contributed by atoms with Gasteiger partial charge in [0, 0.05) is 24.7 Å². The fourth-order valence-electron chi connectivity index (χ4n) is 4.78. The monoisotopic (exact) mass is 444 g/mol. The minimum atomic E-state index is -0.591. The van der Waals surface area contributed by atoms with Gasteiger partial charge in [0.25, 0.3) is 0 Å². The first-order chi connectivity index (χ1) is 15.9. The SMILES string of the molecule is Cc1ccc(N2C[C@H](C(=O)Oc3cccc(N4C(=O)[C@H]5CC=CC[C@H]5C4=O)c3)CC2=O)cc1. The Labute approximate surface area is 191 Å². The molecule has 2 fully saturated rings. The van der Waals surface area contributed by atoms with Gasteiger partial charge in [0.05, 0.1) is 23.4 Å². The molecule has 3 amide bonds. The fraction of sp³-hybridized carbons (Fsp3) is 0.308. The maximum absolute atomic E-state index is 12.8. The van der Waals surface area contributed by atoms with Crippen molar-refractivity contribution in [2.45, 2.75) is 26.2 Å². The molecule has 1 aliphatic carbocycles. The third kappa shape index (κ3) is 3.84. The zero-order valence-corrected chi connectivity index (χ0v) is 18.3. The number of hydrogen-bond donors (Lipinski definition) is 0. The molecule has 0 radical (unpaired) electrons. The number of ether oxygens (including phenoxy) is 1. The van der Waals surface area contributed by atoms with Crippen molar-refractivity contribution in [1.82, 2.24) is 0 Å². The van der Waals surface area contributed by atoms with Gasteiger partial charge in [0.1, 0.15) is 5.75 Å². The summed E-state index contributed by atoms with van der Waals surface area (Å²) < 4.78 is 5.56. The van der Waals surface area contributed by atoms with Crippen LogP contribution in [0.5, 0.6) is 5.75 Å². The van der Waals surface area contributed by atoms with E-state index in [1.165, 1.54) is 11.0 Å². The van der Waals surface area contributed by atoms with Crippen molar-refractivity contribution in [2.24, 2.45) is 17.8 Å². The highest BCUT2D eigenvalue weighted by Crippen LogP contribution is 2.38. The average Bonchev–Trinajstić information content (AvgIpc) is 3.32. The molecule has 0 bridgehead atoms. The molecule has 0 saturated carbocycles. The second-order valence-corrected chi connectivity index (χ2v) is 8.83. The van der Waals surface area contributed by atoms with E-state index in [2.05, 4.69) is 0 Å². The lowest BCUT2D eigenvalue weighted by molar-refractivity contribution is -0.139. The van der Waals surface area contributed by atoms with Crippen LogP contribution in [-0.4, -0.2) is 30.2 Å². The van der Waals surface area contributed by atoms with Crippen LogP contribution < -0.4 is 14.5 Å². The van der Waals surface area contributed by atoms with Crippen LogP contribution in [0.4, 0.5) is 11.4 Å². The largest absolute Gasteiger partial charge is 0.426 e. The van der Waals surface area contributed by atoms with Gasteiger partial charge in [-0.25, -0.2) is 4.90 Å². The lowest BCUT2D eigenvalue weighted by atomic mass is 9.85. The normalized spacial score (nSPS) is 24.4. The first-order valence-electron chi connectivity index (χ1n) is 11.1. The van der Waals surface area contributed by atoms with E-state index in [4.69, 9.17) is 4.74 Å². The van der Waals surface area contributed by atoms with E-state index < -0.39 is 11.9 Å². The Morgan fingerprint density at radius 2 is 1.58 bits per heavy atom. The Hall–Kier alpha value is -3.74. The first kappa shape index (κ1) is 21.1. The summed E-state index contributed by atoms with van der Waals surface area (Å²) in [5.41, 5.74) is 2.24. The van der Waals surface area contributed by atoms with E-state index >= 15 is 0 Å². The van der Waals surface area contributed by atoms with E-state index in [0.717, 1.165) is 11.3 Å². The van der Waals surface area contributed by atoms with Gasteiger partial charge in [0.2, 0.25) is 17.7 Å². The maximum atomic E-state index is 12.8. The lowest BCUT2D eigenvalue weighted by Gasteiger charge is -2.17. The van der Waals surface area contributed by atoms with Crippen molar-refractivity contribution >= 4 is 35.1 Å². The van der Waals surface area contributed by atoms with Gasteiger partial charge in [-0.1, -0.05) is 35.9 Å². The van der Waals surface area contributed by atoms with E-state index in [9.17, 15) is 19.2 Å². The Morgan fingerprint density at radius 1 is 0.909 bits per heavy atom. The number of aryl methyl sites for hydroxylation is 1. The highest BCUT2D eigenvalue weighted by atomic mass is 16.5. The number of benzene rings is 2. The van der Waals surface area contributed by atoms with Gasteiger partial charge in [-0.05, 0) is 44.0 Å². The van der Waals surface area contributed by atoms with Crippen molar-refractivity contribution in [3.8, 4) is 5.75 Å². The summed E-state index contributed by atoms with van der Waals surface area (Å²) in [6, 6.07) is 14.0. The number of esters is 1. The van der Waals surface area contributed by atoms with Gasteiger partial charge in [-0.2, -0.15) is 0 Å². The summed E-state index contributed by atoms with van der Waals surface area (Å²) in [5.74, 6) is -2.07. The Bertz CT molecular complexity index is 1140. The zero-order valence-electron chi connectivity index (χ0n) is 18.3. The third-order valence-electron chi connectivity index (χ3n) is 6.61. The van der Waals surface area contributed by atoms with Crippen LogP contribution in [0, 0.1) is 24.7 Å².